The molecule has 0 unspecified atom stereocenters. The minimum Gasteiger partial charge on any atom is -0.398 e. The first kappa shape index (κ1) is 13.1. The van der Waals surface area contributed by atoms with Gasteiger partial charge in [-0.25, -0.2) is 0 Å². The molecule has 6 heteroatoms. The number of hydrogen-bond acceptors (Lipinski definition) is 4. The first-order valence-electron chi connectivity index (χ1n) is 5.78. The molecule has 0 atom stereocenters. The van der Waals surface area contributed by atoms with Gasteiger partial charge in [0, 0.05) is 26.3 Å². The molecule has 0 amide bonds. The maximum Gasteiger partial charge on any atom is 0.258 e. The van der Waals surface area contributed by atoms with Gasteiger partial charge in [-0.1, -0.05) is 16.8 Å². The lowest BCUT2D eigenvalue weighted by molar-refractivity contribution is 0.432. The van der Waals surface area contributed by atoms with Crippen LogP contribution >= 0.6 is 27.5 Å². The van der Waals surface area contributed by atoms with E-state index in [2.05, 4.69) is 26.1 Å². The molecule has 3 rings (SSSR count). The predicted octanol–water partition coefficient (Wildman–Crippen LogP) is 4.40. The molecular formula is C14H9BrClN3O. The Hall–Kier alpha value is -1.85. The number of nitrogens with zero attached hydrogens (tertiary/aromatic N) is 2. The highest BCUT2D eigenvalue weighted by atomic mass is 79.9. The van der Waals surface area contributed by atoms with Crippen LogP contribution in [-0.4, -0.2) is 10.1 Å². The predicted molar refractivity (Wildman–Crippen MR) is 82.3 cm³/mol. The summed E-state index contributed by atoms with van der Waals surface area (Å²) in [5, 5.41) is 4.64. The molecule has 0 fully saturated rings. The van der Waals surface area contributed by atoms with Crippen molar-refractivity contribution in [3.8, 4) is 22.8 Å². The lowest BCUT2D eigenvalue weighted by atomic mass is 10.2. The van der Waals surface area contributed by atoms with E-state index in [1.54, 1.807) is 18.2 Å². The summed E-state index contributed by atoms with van der Waals surface area (Å²) in [5.41, 5.74) is 8.06. The standard InChI is InChI=1S/C14H9BrClN3O/c15-11-7-9(3-6-12(11)17)14-18-13(19-20-14)8-1-4-10(16)5-2-8/h1-7H,17H2. The fourth-order valence-corrected chi connectivity index (χ4v) is 2.22. The fraction of sp³-hybridized carbons (Fsp3) is 0. The molecule has 1 aromatic heterocycles. The largest absolute Gasteiger partial charge is 0.398 e. The number of rotatable bonds is 2. The van der Waals surface area contributed by atoms with E-state index in [1.165, 1.54) is 0 Å². The summed E-state index contributed by atoms with van der Waals surface area (Å²) in [7, 11) is 0. The van der Waals surface area contributed by atoms with Crippen molar-refractivity contribution in [1.82, 2.24) is 10.1 Å². The molecule has 0 aliphatic rings. The zero-order valence-electron chi connectivity index (χ0n) is 10.2. The summed E-state index contributed by atoms with van der Waals surface area (Å²) in [4.78, 5) is 4.37. The first-order chi connectivity index (χ1) is 9.63. The van der Waals surface area contributed by atoms with E-state index in [0.717, 1.165) is 15.6 Å². The Labute approximate surface area is 128 Å². The normalized spacial score (nSPS) is 10.7. The minimum absolute atomic E-state index is 0.440. The lowest BCUT2D eigenvalue weighted by Gasteiger charge is -1.99. The van der Waals surface area contributed by atoms with E-state index in [0.29, 0.717) is 22.4 Å². The van der Waals surface area contributed by atoms with Crippen LogP contribution in [0, 0.1) is 0 Å². The third-order valence-electron chi connectivity index (χ3n) is 2.78. The second kappa shape index (κ2) is 5.26. The molecule has 1 heterocycles. The molecule has 0 saturated carbocycles. The molecule has 2 N–H and O–H groups in total. The van der Waals surface area contributed by atoms with Crippen LogP contribution < -0.4 is 5.73 Å². The van der Waals surface area contributed by atoms with Crippen LogP contribution in [0.15, 0.2) is 51.5 Å². The van der Waals surface area contributed by atoms with Crippen molar-refractivity contribution in [2.24, 2.45) is 0 Å². The minimum atomic E-state index is 0.440. The average Bonchev–Trinajstić information content (AvgIpc) is 2.92. The second-order valence-corrected chi connectivity index (χ2v) is 5.46. The van der Waals surface area contributed by atoms with Crippen molar-refractivity contribution in [1.29, 1.82) is 0 Å². The number of benzene rings is 2. The Bertz CT molecular complexity index is 755. The van der Waals surface area contributed by atoms with Crippen molar-refractivity contribution in [2.45, 2.75) is 0 Å². The third-order valence-corrected chi connectivity index (χ3v) is 3.71. The van der Waals surface area contributed by atoms with Gasteiger partial charge >= 0.3 is 0 Å². The van der Waals surface area contributed by atoms with E-state index in [1.807, 2.05) is 24.3 Å². The Kier molecular flexibility index (Phi) is 3.46. The van der Waals surface area contributed by atoms with Gasteiger partial charge in [-0.05, 0) is 58.4 Å². The SMILES string of the molecule is Nc1ccc(-c2nc(-c3ccc(Cl)cc3)no2)cc1Br. The van der Waals surface area contributed by atoms with Gasteiger partial charge in [0.05, 0.1) is 0 Å². The van der Waals surface area contributed by atoms with E-state index in [9.17, 15) is 0 Å². The molecule has 0 spiro atoms. The van der Waals surface area contributed by atoms with Gasteiger partial charge in [0.15, 0.2) is 0 Å². The Morgan fingerprint density at radius 1 is 1.05 bits per heavy atom. The molecule has 0 aliphatic heterocycles. The van der Waals surface area contributed by atoms with Crippen molar-refractivity contribution < 1.29 is 4.52 Å². The van der Waals surface area contributed by atoms with Gasteiger partial charge in [-0.3, -0.25) is 0 Å². The van der Waals surface area contributed by atoms with Gasteiger partial charge in [0.1, 0.15) is 0 Å². The van der Waals surface area contributed by atoms with E-state index < -0.39 is 0 Å². The summed E-state index contributed by atoms with van der Waals surface area (Å²) in [6.45, 7) is 0. The van der Waals surface area contributed by atoms with Crippen molar-refractivity contribution >= 4 is 33.2 Å². The highest BCUT2D eigenvalue weighted by Gasteiger charge is 2.11. The maximum atomic E-state index is 5.85. The topological polar surface area (TPSA) is 64.9 Å². The second-order valence-electron chi connectivity index (χ2n) is 4.17. The fourth-order valence-electron chi connectivity index (χ4n) is 1.72. The molecule has 0 radical (unpaired) electrons. The first-order valence-corrected chi connectivity index (χ1v) is 6.95. The molecule has 100 valence electrons. The van der Waals surface area contributed by atoms with E-state index >= 15 is 0 Å². The van der Waals surface area contributed by atoms with E-state index in [4.69, 9.17) is 21.9 Å². The number of anilines is 1. The molecule has 20 heavy (non-hydrogen) atoms. The quantitative estimate of drug-likeness (QED) is 0.696. The van der Waals surface area contributed by atoms with Gasteiger partial charge in [-0.2, -0.15) is 4.98 Å². The van der Waals surface area contributed by atoms with Gasteiger partial charge in [-0.15, -0.1) is 0 Å². The number of nitrogen functional groups attached to an aromatic ring is 1. The van der Waals surface area contributed by atoms with Crippen LogP contribution in [0.5, 0.6) is 0 Å². The summed E-state index contributed by atoms with van der Waals surface area (Å²) in [6, 6.07) is 12.7. The van der Waals surface area contributed by atoms with Crippen molar-refractivity contribution in [3.05, 3.63) is 52.0 Å². The highest BCUT2D eigenvalue weighted by Crippen LogP contribution is 2.28. The lowest BCUT2D eigenvalue weighted by Crippen LogP contribution is -1.87. The Morgan fingerprint density at radius 3 is 2.45 bits per heavy atom. The summed E-state index contributed by atoms with van der Waals surface area (Å²) < 4.78 is 6.07. The number of aromatic nitrogens is 2. The van der Waals surface area contributed by atoms with E-state index in [-0.39, 0.29) is 0 Å². The Morgan fingerprint density at radius 2 is 1.75 bits per heavy atom. The molecular weight excluding hydrogens is 342 g/mol. The third kappa shape index (κ3) is 2.55. The summed E-state index contributed by atoms with van der Waals surface area (Å²) in [5.74, 6) is 0.959. The molecule has 2 aromatic carbocycles. The molecule has 0 aliphatic carbocycles. The molecule has 0 saturated heterocycles. The zero-order valence-corrected chi connectivity index (χ0v) is 12.5. The molecule has 0 bridgehead atoms. The monoisotopic (exact) mass is 349 g/mol. The smallest absolute Gasteiger partial charge is 0.258 e. The zero-order chi connectivity index (χ0) is 14.1. The number of nitrogens with two attached hydrogens (primary N) is 1. The average molecular weight is 351 g/mol. The van der Waals surface area contributed by atoms with Gasteiger partial charge < -0.3 is 10.3 Å². The van der Waals surface area contributed by atoms with Crippen molar-refractivity contribution in [3.63, 3.8) is 0 Å². The van der Waals surface area contributed by atoms with Crippen LogP contribution in [0.25, 0.3) is 22.8 Å². The Balaban J connectivity index is 1.97. The van der Waals surface area contributed by atoms with Crippen LogP contribution in [0.3, 0.4) is 0 Å². The summed E-state index contributed by atoms with van der Waals surface area (Å²) in [6.07, 6.45) is 0. The van der Waals surface area contributed by atoms with Crippen LogP contribution in [0.2, 0.25) is 5.02 Å². The van der Waals surface area contributed by atoms with Crippen LogP contribution in [0.4, 0.5) is 5.69 Å². The van der Waals surface area contributed by atoms with Crippen molar-refractivity contribution in [2.75, 3.05) is 5.73 Å². The van der Waals surface area contributed by atoms with Gasteiger partial charge in [0.2, 0.25) is 5.82 Å². The summed E-state index contributed by atoms with van der Waals surface area (Å²) >= 11 is 9.22. The molecule has 4 nitrogen and oxygen atoms in total. The van der Waals surface area contributed by atoms with Gasteiger partial charge in [0.25, 0.3) is 5.89 Å². The maximum absolute atomic E-state index is 5.85. The molecule has 3 aromatic rings. The van der Waals surface area contributed by atoms with Crippen LogP contribution in [-0.2, 0) is 0 Å². The number of halogens is 2. The number of hydrogen-bond donors (Lipinski definition) is 1. The highest BCUT2D eigenvalue weighted by molar-refractivity contribution is 9.10. The van der Waals surface area contributed by atoms with Crippen LogP contribution in [0.1, 0.15) is 0 Å².